The number of fused-ring (bicyclic) bond motifs is 1. The Bertz CT molecular complexity index is 894. The van der Waals surface area contributed by atoms with Crippen molar-refractivity contribution in [3.63, 3.8) is 0 Å². The minimum atomic E-state index is -0.950. The van der Waals surface area contributed by atoms with Crippen molar-refractivity contribution in [2.45, 2.75) is 18.2 Å². The van der Waals surface area contributed by atoms with Crippen LogP contribution >= 0.6 is 11.8 Å². The first kappa shape index (κ1) is 17.2. The molecule has 0 bridgehead atoms. The van der Waals surface area contributed by atoms with Gasteiger partial charge in [0.15, 0.2) is 0 Å². The quantitative estimate of drug-likeness (QED) is 0.662. The number of aromatic carboxylic acids is 1. The summed E-state index contributed by atoms with van der Waals surface area (Å²) in [6, 6.07) is 12.1. The van der Waals surface area contributed by atoms with Crippen LogP contribution in [0.1, 0.15) is 45.2 Å². The van der Waals surface area contributed by atoms with Gasteiger partial charge in [-0.1, -0.05) is 24.3 Å². The smallest absolute Gasteiger partial charge is 0.335 e. The van der Waals surface area contributed by atoms with Crippen LogP contribution in [-0.2, 0) is 4.79 Å². The molecule has 0 aliphatic carbocycles. The Kier molecular flexibility index (Phi) is 4.86. The molecular formula is C20H16O4S. The van der Waals surface area contributed by atoms with Crippen molar-refractivity contribution in [3.8, 4) is 0 Å². The number of hydrogen-bond donors (Lipinski definition) is 1. The van der Waals surface area contributed by atoms with Gasteiger partial charge in [0.25, 0.3) is 0 Å². The number of carboxylic acid groups (broad SMARTS) is 1. The Morgan fingerprint density at radius 2 is 1.76 bits per heavy atom. The molecule has 0 saturated carbocycles. The number of benzene rings is 2. The Morgan fingerprint density at radius 1 is 1.08 bits per heavy atom. The molecule has 0 atom stereocenters. The zero-order valence-electron chi connectivity index (χ0n) is 13.6. The van der Waals surface area contributed by atoms with E-state index in [2.05, 4.69) is 0 Å². The maximum atomic E-state index is 12.1. The lowest BCUT2D eigenvalue weighted by atomic mass is 9.99. The molecule has 1 aliphatic heterocycles. The first-order valence-electron chi connectivity index (χ1n) is 7.82. The fourth-order valence-electron chi connectivity index (χ4n) is 2.65. The van der Waals surface area contributed by atoms with Gasteiger partial charge in [-0.3, -0.25) is 9.59 Å². The second-order valence-electron chi connectivity index (χ2n) is 5.82. The van der Waals surface area contributed by atoms with E-state index in [-0.39, 0.29) is 17.8 Å². The van der Waals surface area contributed by atoms with Gasteiger partial charge in [-0.05, 0) is 47.9 Å². The molecule has 25 heavy (non-hydrogen) atoms. The van der Waals surface area contributed by atoms with E-state index in [9.17, 15) is 14.4 Å². The predicted molar refractivity (Wildman–Crippen MR) is 98.1 cm³/mol. The van der Waals surface area contributed by atoms with Crippen molar-refractivity contribution in [2.24, 2.45) is 0 Å². The molecule has 1 heterocycles. The van der Waals surface area contributed by atoms with Crippen LogP contribution in [0.3, 0.4) is 0 Å². The second kappa shape index (κ2) is 7.07. The van der Waals surface area contributed by atoms with Crippen molar-refractivity contribution in [2.75, 3.05) is 5.75 Å². The Hall–Kier alpha value is -2.66. The lowest BCUT2D eigenvalue weighted by molar-refractivity contribution is -0.114. The fraction of sp³-hybridized carbons (Fsp3) is 0.150. The molecule has 0 fully saturated rings. The zero-order valence-corrected chi connectivity index (χ0v) is 14.4. The third kappa shape index (κ3) is 3.72. The van der Waals surface area contributed by atoms with Gasteiger partial charge in [0.05, 0.1) is 5.56 Å². The molecule has 126 valence electrons. The molecule has 1 aliphatic rings. The highest BCUT2D eigenvalue weighted by Crippen LogP contribution is 2.31. The third-order valence-corrected chi connectivity index (χ3v) is 5.12. The summed E-state index contributed by atoms with van der Waals surface area (Å²) in [7, 11) is 0. The molecule has 0 saturated heterocycles. The Morgan fingerprint density at radius 3 is 2.44 bits per heavy atom. The molecular weight excluding hydrogens is 336 g/mol. The molecule has 1 N–H and O–H groups in total. The van der Waals surface area contributed by atoms with E-state index in [1.54, 1.807) is 30.3 Å². The first-order valence-corrected chi connectivity index (χ1v) is 8.80. The summed E-state index contributed by atoms with van der Waals surface area (Å²) < 4.78 is 0. The van der Waals surface area contributed by atoms with Crippen LogP contribution in [0.25, 0.3) is 11.6 Å². The average Bonchev–Trinajstić information content (AvgIpc) is 2.74. The zero-order chi connectivity index (χ0) is 18.0. The van der Waals surface area contributed by atoms with E-state index < -0.39 is 11.8 Å². The van der Waals surface area contributed by atoms with Crippen LogP contribution in [0.15, 0.2) is 47.4 Å². The molecule has 0 amide bonds. The summed E-state index contributed by atoms with van der Waals surface area (Å²) in [5.41, 5.74) is 3.59. The fourth-order valence-corrected chi connectivity index (χ4v) is 3.68. The molecule has 4 nitrogen and oxygen atoms in total. The van der Waals surface area contributed by atoms with Gasteiger partial charge >= 0.3 is 5.97 Å². The molecule has 3 rings (SSSR count). The number of hydrogen-bond acceptors (Lipinski definition) is 4. The van der Waals surface area contributed by atoms with Gasteiger partial charge < -0.3 is 5.11 Å². The lowest BCUT2D eigenvalue weighted by Crippen LogP contribution is -2.13. The maximum absolute atomic E-state index is 12.1. The van der Waals surface area contributed by atoms with Crippen molar-refractivity contribution < 1.29 is 19.5 Å². The van der Waals surface area contributed by atoms with E-state index >= 15 is 0 Å². The third-order valence-electron chi connectivity index (χ3n) is 4.06. The summed E-state index contributed by atoms with van der Waals surface area (Å²) in [6.45, 7) is 1.96. The average molecular weight is 352 g/mol. The van der Waals surface area contributed by atoms with Gasteiger partial charge in [0, 0.05) is 22.6 Å². The molecule has 0 unspecified atom stereocenters. The number of thioether (sulfide) groups is 1. The van der Waals surface area contributed by atoms with E-state index in [1.807, 2.05) is 25.1 Å². The second-order valence-corrected chi connectivity index (χ2v) is 6.95. The first-order chi connectivity index (χ1) is 12.0. The lowest BCUT2D eigenvalue weighted by Gasteiger charge is -2.08. The van der Waals surface area contributed by atoms with Crippen molar-refractivity contribution in [3.05, 3.63) is 64.7 Å². The van der Waals surface area contributed by atoms with Gasteiger partial charge in [-0.15, -0.1) is 11.8 Å². The van der Waals surface area contributed by atoms with E-state index in [0.717, 1.165) is 21.6 Å². The van der Waals surface area contributed by atoms with Crippen LogP contribution in [0, 0.1) is 0 Å². The molecule has 0 spiro atoms. The van der Waals surface area contributed by atoms with Gasteiger partial charge in [0.1, 0.15) is 0 Å². The highest BCUT2D eigenvalue weighted by atomic mass is 32.2. The minimum absolute atomic E-state index is 0.249. The van der Waals surface area contributed by atoms with E-state index in [4.69, 9.17) is 5.11 Å². The highest BCUT2D eigenvalue weighted by molar-refractivity contribution is 7.99. The summed E-state index contributed by atoms with van der Waals surface area (Å²) in [5.74, 6) is -1.07. The van der Waals surface area contributed by atoms with Crippen LogP contribution < -0.4 is 0 Å². The number of ketones is 2. The van der Waals surface area contributed by atoms with Gasteiger partial charge in [0.2, 0.25) is 11.6 Å². The van der Waals surface area contributed by atoms with Gasteiger partial charge in [-0.25, -0.2) is 4.79 Å². The van der Waals surface area contributed by atoms with Gasteiger partial charge in [-0.2, -0.15) is 0 Å². The molecule has 0 aromatic heterocycles. The number of carboxylic acids is 1. The highest BCUT2D eigenvalue weighted by Gasteiger charge is 2.23. The normalized spacial score (nSPS) is 14.8. The van der Waals surface area contributed by atoms with E-state index in [0.29, 0.717) is 11.3 Å². The molecule has 2 aromatic rings. The standard InChI is InChI=1S/C20H16O4S/c1-12(10-13-2-4-14(5-3-13)20(23)24)15-6-7-16-18(11-15)25-9-8-17(21)19(16)22/h2-7,10-11H,8-9H2,1H3,(H,23,24). The topological polar surface area (TPSA) is 71.4 Å². The predicted octanol–water partition coefficient (Wildman–Crippen LogP) is 4.19. The summed E-state index contributed by atoms with van der Waals surface area (Å²) >= 11 is 1.53. The molecule has 5 heteroatoms. The number of Topliss-reactive ketones (excluding diaryl/α,β-unsaturated/α-hetero) is 2. The minimum Gasteiger partial charge on any atom is -0.478 e. The summed E-state index contributed by atoms with van der Waals surface area (Å²) in [4.78, 5) is 35.5. The number of carbonyl (C=O) groups is 3. The monoisotopic (exact) mass is 352 g/mol. The van der Waals surface area contributed by atoms with Crippen molar-refractivity contribution in [1.29, 1.82) is 0 Å². The van der Waals surface area contributed by atoms with Crippen LogP contribution in [0.5, 0.6) is 0 Å². The van der Waals surface area contributed by atoms with Crippen molar-refractivity contribution in [1.82, 2.24) is 0 Å². The van der Waals surface area contributed by atoms with Crippen molar-refractivity contribution >= 4 is 40.9 Å². The van der Waals surface area contributed by atoms with Crippen LogP contribution in [0.2, 0.25) is 0 Å². The van der Waals surface area contributed by atoms with Crippen LogP contribution in [0.4, 0.5) is 0 Å². The summed E-state index contributed by atoms with van der Waals surface area (Å²) in [5, 5.41) is 8.94. The number of carbonyl (C=O) groups excluding carboxylic acids is 2. The molecule has 2 aromatic carbocycles. The van der Waals surface area contributed by atoms with E-state index in [1.165, 1.54) is 11.8 Å². The maximum Gasteiger partial charge on any atom is 0.335 e. The number of rotatable bonds is 3. The van der Waals surface area contributed by atoms with Crippen LogP contribution in [-0.4, -0.2) is 28.4 Å². The molecule has 0 radical (unpaired) electrons. The largest absolute Gasteiger partial charge is 0.478 e. The number of allylic oxidation sites excluding steroid dienone is 1. The Balaban J connectivity index is 1.91. The Labute approximate surface area is 149 Å². The SMILES string of the molecule is CC(=Cc1ccc(C(=O)O)cc1)c1ccc2c(c1)SCCC(=O)C2=O. The summed E-state index contributed by atoms with van der Waals surface area (Å²) in [6.07, 6.45) is 2.24.